The van der Waals surface area contributed by atoms with Crippen molar-refractivity contribution in [1.29, 1.82) is 0 Å². The zero-order valence-electron chi connectivity index (χ0n) is 10.8. The molecule has 0 heterocycles. The summed E-state index contributed by atoms with van der Waals surface area (Å²) in [4.78, 5) is 11.2. The van der Waals surface area contributed by atoms with Crippen LogP contribution < -0.4 is 10.6 Å². The summed E-state index contributed by atoms with van der Waals surface area (Å²) in [7, 11) is 0. The Morgan fingerprint density at radius 1 is 1.21 bits per heavy atom. The smallest absolute Gasteiger partial charge is 0.396 e. The third-order valence-corrected chi connectivity index (χ3v) is 3.48. The van der Waals surface area contributed by atoms with Crippen LogP contribution in [0.3, 0.4) is 0 Å². The Morgan fingerprint density at radius 2 is 1.84 bits per heavy atom. The van der Waals surface area contributed by atoms with Crippen LogP contribution in [0.25, 0.3) is 0 Å². The van der Waals surface area contributed by atoms with Crippen LogP contribution in [-0.4, -0.2) is 43.4 Å². The number of nitrogens with one attached hydrogen (secondary N) is 2. The number of halogens is 3. The second-order valence-corrected chi connectivity index (χ2v) is 5.01. The van der Waals surface area contributed by atoms with Crippen LogP contribution in [0.5, 0.6) is 0 Å². The molecule has 4 nitrogen and oxygen atoms in total. The van der Waals surface area contributed by atoms with Crippen molar-refractivity contribution in [3.63, 3.8) is 0 Å². The first-order chi connectivity index (χ1) is 8.92. The molecule has 0 aromatic rings. The minimum absolute atomic E-state index is 0.120. The molecule has 0 spiro atoms. The number of alkyl halides is 3. The molecule has 0 aromatic heterocycles. The molecule has 1 amide bonds. The molecule has 1 aliphatic rings. The van der Waals surface area contributed by atoms with E-state index in [4.69, 9.17) is 0 Å². The summed E-state index contributed by atoms with van der Waals surface area (Å²) < 4.78 is 35.6. The van der Waals surface area contributed by atoms with Gasteiger partial charge in [-0.1, -0.05) is 12.8 Å². The Balaban J connectivity index is 2.16. The Kier molecular flexibility index (Phi) is 6.57. The molecule has 7 heteroatoms. The number of hydrogen-bond donors (Lipinski definition) is 3. The number of carbonyl (C=O) groups is 1. The molecule has 2 atom stereocenters. The molecule has 112 valence electrons. The van der Waals surface area contributed by atoms with Crippen molar-refractivity contribution in [2.24, 2.45) is 11.8 Å². The second-order valence-electron chi connectivity index (χ2n) is 5.01. The lowest BCUT2D eigenvalue weighted by atomic mass is 9.79. The standard InChI is InChI=1S/C12H21F3N2O2/c13-12(14,15)8-17-11(19)6-16-5-9-3-1-2-4-10(9)7-18/h9-10,16,18H,1-8H2,(H,17,19). The van der Waals surface area contributed by atoms with Crippen LogP contribution in [0.2, 0.25) is 0 Å². The van der Waals surface area contributed by atoms with Gasteiger partial charge in [-0.15, -0.1) is 0 Å². The Morgan fingerprint density at radius 3 is 2.42 bits per heavy atom. The summed E-state index contributed by atoms with van der Waals surface area (Å²) >= 11 is 0. The fourth-order valence-corrected chi connectivity index (χ4v) is 2.43. The third-order valence-electron chi connectivity index (χ3n) is 3.48. The number of amides is 1. The van der Waals surface area contributed by atoms with Gasteiger partial charge in [-0.25, -0.2) is 0 Å². The summed E-state index contributed by atoms with van der Waals surface area (Å²) in [5.41, 5.74) is 0. The third kappa shape index (κ3) is 6.77. The molecular formula is C12H21F3N2O2. The predicted octanol–water partition coefficient (Wildman–Crippen LogP) is 1.05. The van der Waals surface area contributed by atoms with Crippen LogP contribution in [0.4, 0.5) is 13.2 Å². The molecule has 0 radical (unpaired) electrons. The van der Waals surface area contributed by atoms with Gasteiger partial charge in [-0.2, -0.15) is 13.2 Å². The lowest BCUT2D eigenvalue weighted by Gasteiger charge is -2.30. The van der Waals surface area contributed by atoms with Gasteiger partial charge in [0.25, 0.3) is 0 Å². The molecular weight excluding hydrogens is 261 g/mol. The summed E-state index contributed by atoms with van der Waals surface area (Å²) in [5, 5.41) is 13.9. The van der Waals surface area contributed by atoms with Gasteiger partial charge in [0.2, 0.25) is 5.91 Å². The second kappa shape index (κ2) is 7.69. The first kappa shape index (κ1) is 16.2. The van der Waals surface area contributed by atoms with E-state index in [-0.39, 0.29) is 19.1 Å². The van der Waals surface area contributed by atoms with Crippen molar-refractivity contribution in [2.45, 2.75) is 31.9 Å². The minimum atomic E-state index is -4.37. The number of aliphatic hydroxyl groups excluding tert-OH is 1. The predicted molar refractivity (Wildman–Crippen MR) is 64.5 cm³/mol. The van der Waals surface area contributed by atoms with Gasteiger partial charge in [0.05, 0.1) is 6.54 Å². The monoisotopic (exact) mass is 282 g/mol. The lowest BCUT2D eigenvalue weighted by molar-refractivity contribution is -0.137. The highest BCUT2D eigenvalue weighted by atomic mass is 19.4. The largest absolute Gasteiger partial charge is 0.405 e. The van der Waals surface area contributed by atoms with Crippen LogP contribution >= 0.6 is 0 Å². The summed E-state index contributed by atoms with van der Waals surface area (Å²) in [6, 6.07) is 0. The molecule has 1 fully saturated rings. The summed E-state index contributed by atoms with van der Waals surface area (Å²) in [6.07, 6.45) is -0.205. The van der Waals surface area contributed by atoms with E-state index in [1.54, 1.807) is 0 Å². The van der Waals surface area contributed by atoms with Gasteiger partial charge in [0.1, 0.15) is 6.54 Å². The van der Waals surface area contributed by atoms with Gasteiger partial charge >= 0.3 is 6.18 Å². The highest BCUT2D eigenvalue weighted by Gasteiger charge is 2.28. The van der Waals surface area contributed by atoms with Crippen LogP contribution in [0.15, 0.2) is 0 Å². The van der Waals surface area contributed by atoms with E-state index in [2.05, 4.69) is 5.32 Å². The van der Waals surface area contributed by atoms with Gasteiger partial charge in [-0.05, 0) is 31.2 Å². The molecule has 0 saturated heterocycles. The fourth-order valence-electron chi connectivity index (χ4n) is 2.43. The van der Waals surface area contributed by atoms with E-state index in [0.717, 1.165) is 25.7 Å². The van der Waals surface area contributed by atoms with E-state index < -0.39 is 18.6 Å². The van der Waals surface area contributed by atoms with Gasteiger partial charge in [0.15, 0.2) is 0 Å². The average molecular weight is 282 g/mol. The van der Waals surface area contributed by atoms with Gasteiger partial charge < -0.3 is 15.7 Å². The highest BCUT2D eigenvalue weighted by Crippen LogP contribution is 2.28. The normalized spacial score (nSPS) is 24.2. The number of aliphatic hydroxyl groups is 1. The zero-order valence-corrected chi connectivity index (χ0v) is 10.8. The number of carbonyl (C=O) groups excluding carboxylic acids is 1. The van der Waals surface area contributed by atoms with Crippen LogP contribution in [0.1, 0.15) is 25.7 Å². The maximum Gasteiger partial charge on any atom is 0.405 e. The number of hydrogen-bond acceptors (Lipinski definition) is 3. The van der Waals surface area contributed by atoms with E-state index in [1.165, 1.54) is 0 Å². The Bertz CT molecular complexity index is 285. The van der Waals surface area contributed by atoms with Gasteiger partial charge in [-0.3, -0.25) is 4.79 Å². The maximum absolute atomic E-state index is 11.9. The zero-order chi connectivity index (χ0) is 14.3. The quantitative estimate of drug-likeness (QED) is 0.682. The first-order valence-electron chi connectivity index (χ1n) is 6.57. The molecule has 1 rings (SSSR count). The molecule has 1 saturated carbocycles. The van der Waals surface area contributed by atoms with E-state index in [1.807, 2.05) is 5.32 Å². The maximum atomic E-state index is 11.9. The molecule has 1 aliphatic carbocycles. The Labute approximate surface area is 110 Å². The fraction of sp³-hybridized carbons (Fsp3) is 0.917. The van der Waals surface area contributed by atoms with Crippen molar-refractivity contribution in [3.8, 4) is 0 Å². The summed E-state index contributed by atoms with van der Waals surface area (Å²) in [5.74, 6) is -0.123. The topological polar surface area (TPSA) is 61.4 Å². The molecule has 0 bridgehead atoms. The molecule has 0 aromatic carbocycles. The molecule has 3 N–H and O–H groups in total. The van der Waals surface area contributed by atoms with E-state index >= 15 is 0 Å². The van der Waals surface area contributed by atoms with Crippen molar-refractivity contribution in [3.05, 3.63) is 0 Å². The average Bonchev–Trinajstić information content (AvgIpc) is 2.36. The highest BCUT2D eigenvalue weighted by molar-refractivity contribution is 5.77. The first-order valence-corrected chi connectivity index (χ1v) is 6.57. The molecule has 2 unspecified atom stereocenters. The molecule has 0 aliphatic heterocycles. The van der Waals surface area contributed by atoms with E-state index in [0.29, 0.717) is 12.5 Å². The van der Waals surface area contributed by atoms with Crippen molar-refractivity contribution < 1.29 is 23.1 Å². The van der Waals surface area contributed by atoms with Crippen LogP contribution in [-0.2, 0) is 4.79 Å². The SMILES string of the molecule is O=C(CNCC1CCCCC1CO)NCC(F)(F)F. The minimum Gasteiger partial charge on any atom is -0.396 e. The van der Waals surface area contributed by atoms with Crippen molar-refractivity contribution in [2.75, 3.05) is 26.2 Å². The van der Waals surface area contributed by atoms with Crippen molar-refractivity contribution >= 4 is 5.91 Å². The lowest BCUT2D eigenvalue weighted by Crippen LogP contribution is -2.41. The van der Waals surface area contributed by atoms with Crippen LogP contribution in [0, 0.1) is 11.8 Å². The number of rotatable bonds is 6. The summed E-state index contributed by atoms with van der Waals surface area (Å²) in [6.45, 7) is -0.724. The van der Waals surface area contributed by atoms with E-state index in [9.17, 15) is 23.1 Å². The van der Waals surface area contributed by atoms with Gasteiger partial charge in [0, 0.05) is 6.61 Å². The van der Waals surface area contributed by atoms with Crippen molar-refractivity contribution in [1.82, 2.24) is 10.6 Å². The Hall–Kier alpha value is -0.820. The molecule has 19 heavy (non-hydrogen) atoms.